The zero-order valence-electron chi connectivity index (χ0n) is 9.34. The van der Waals surface area contributed by atoms with Crippen LogP contribution in [-0.4, -0.2) is 29.6 Å². The molecule has 3 heteroatoms. The van der Waals surface area contributed by atoms with E-state index in [4.69, 9.17) is 0 Å². The van der Waals surface area contributed by atoms with Gasteiger partial charge in [0.15, 0.2) is 0 Å². The maximum Gasteiger partial charge on any atom is 0.238 e. The summed E-state index contributed by atoms with van der Waals surface area (Å²) in [6, 6.07) is 0.488. The van der Waals surface area contributed by atoms with Gasteiger partial charge in [0.25, 0.3) is 0 Å². The van der Waals surface area contributed by atoms with Gasteiger partial charge >= 0.3 is 0 Å². The van der Waals surface area contributed by atoms with Crippen molar-refractivity contribution in [1.29, 1.82) is 0 Å². The molecule has 0 spiro atoms. The number of rotatable bonds is 3. The highest BCUT2D eigenvalue weighted by Crippen LogP contribution is 2.49. The van der Waals surface area contributed by atoms with Crippen LogP contribution in [0.4, 0.5) is 0 Å². The second-order valence-electron chi connectivity index (χ2n) is 5.19. The van der Waals surface area contributed by atoms with E-state index in [9.17, 15) is 4.79 Å². The van der Waals surface area contributed by atoms with Crippen LogP contribution in [0.25, 0.3) is 0 Å². The van der Waals surface area contributed by atoms with Crippen LogP contribution in [0.15, 0.2) is 0 Å². The minimum atomic E-state index is 0.291. The van der Waals surface area contributed by atoms with Crippen molar-refractivity contribution in [1.82, 2.24) is 10.2 Å². The largest absolute Gasteiger partial charge is 0.323 e. The Kier molecular flexibility index (Phi) is 2.30. The van der Waals surface area contributed by atoms with Crippen molar-refractivity contribution < 1.29 is 4.79 Å². The Hall–Kier alpha value is -0.570. The van der Waals surface area contributed by atoms with Gasteiger partial charge in [0.1, 0.15) is 0 Å². The maximum absolute atomic E-state index is 11.7. The van der Waals surface area contributed by atoms with Crippen molar-refractivity contribution >= 4 is 5.91 Å². The van der Waals surface area contributed by atoms with Crippen LogP contribution < -0.4 is 5.32 Å². The summed E-state index contributed by atoms with van der Waals surface area (Å²) in [7, 11) is 0. The van der Waals surface area contributed by atoms with Crippen LogP contribution in [0.1, 0.15) is 40.0 Å². The summed E-state index contributed by atoms with van der Waals surface area (Å²) in [5.74, 6) is 0.291. The lowest BCUT2D eigenvalue weighted by Gasteiger charge is -2.25. The van der Waals surface area contributed by atoms with Gasteiger partial charge in [-0.05, 0) is 18.3 Å². The molecule has 1 heterocycles. The van der Waals surface area contributed by atoms with Gasteiger partial charge in [-0.15, -0.1) is 0 Å². The fraction of sp³-hybridized carbons (Fsp3) is 0.909. The smallest absolute Gasteiger partial charge is 0.238 e. The van der Waals surface area contributed by atoms with Gasteiger partial charge < -0.3 is 4.90 Å². The predicted molar refractivity (Wildman–Crippen MR) is 55.7 cm³/mol. The minimum absolute atomic E-state index is 0.291. The third kappa shape index (κ3) is 1.54. The topological polar surface area (TPSA) is 32.3 Å². The summed E-state index contributed by atoms with van der Waals surface area (Å²) in [5.41, 5.74) is 0.355. The molecule has 1 saturated carbocycles. The van der Waals surface area contributed by atoms with Crippen LogP contribution in [0, 0.1) is 5.41 Å². The lowest BCUT2D eigenvalue weighted by Crippen LogP contribution is -2.40. The van der Waals surface area contributed by atoms with Gasteiger partial charge in [-0.25, -0.2) is 0 Å². The van der Waals surface area contributed by atoms with Gasteiger partial charge in [0.05, 0.1) is 12.7 Å². The third-order valence-corrected chi connectivity index (χ3v) is 3.47. The molecule has 1 N–H and O–H groups in total. The average molecular weight is 196 g/mol. The number of carbonyl (C=O) groups excluding carboxylic acids is 1. The Balaban J connectivity index is 2.04. The first kappa shape index (κ1) is 9.97. The normalized spacial score (nSPS) is 35.1. The molecule has 2 unspecified atom stereocenters. The number of carbonyl (C=O) groups is 1. The molecule has 80 valence electrons. The zero-order valence-corrected chi connectivity index (χ0v) is 9.34. The van der Waals surface area contributed by atoms with E-state index in [0.717, 1.165) is 12.8 Å². The second-order valence-corrected chi connectivity index (χ2v) is 5.19. The number of amides is 1. The molecule has 2 aliphatic rings. The summed E-state index contributed by atoms with van der Waals surface area (Å²) >= 11 is 0. The van der Waals surface area contributed by atoms with Crippen molar-refractivity contribution in [3.05, 3.63) is 0 Å². The SMILES string of the molecule is CCCC1NCC(=O)N1C1CC1(C)C. The fourth-order valence-corrected chi connectivity index (χ4v) is 2.39. The van der Waals surface area contributed by atoms with E-state index in [2.05, 4.69) is 31.0 Å². The Morgan fingerprint density at radius 1 is 1.57 bits per heavy atom. The summed E-state index contributed by atoms with van der Waals surface area (Å²) in [6.07, 6.45) is 3.69. The maximum atomic E-state index is 11.7. The van der Waals surface area contributed by atoms with E-state index in [1.807, 2.05) is 0 Å². The zero-order chi connectivity index (χ0) is 10.3. The first-order chi connectivity index (χ1) is 6.56. The molecule has 0 aromatic heterocycles. The summed E-state index contributed by atoms with van der Waals surface area (Å²) < 4.78 is 0. The molecule has 2 atom stereocenters. The third-order valence-electron chi connectivity index (χ3n) is 3.47. The Labute approximate surface area is 85.8 Å². The minimum Gasteiger partial charge on any atom is -0.323 e. The predicted octanol–water partition coefficient (Wildman–Crippen LogP) is 1.34. The summed E-state index contributed by atoms with van der Waals surface area (Å²) in [4.78, 5) is 13.8. The number of hydrogen-bond acceptors (Lipinski definition) is 2. The molecule has 0 bridgehead atoms. The van der Waals surface area contributed by atoms with Crippen molar-refractivity contribution in [2.45, 2.75) is 52.2 Å². The second kappa shape index (κ2) is 3.23. The van der Waals surface area contributed by atoms with Crippen LogP contribution in [0.3, 0.4) is 0 Å². The quantitative estimate of drug-likeness (QED) is 0.739. The molecule has 1 aliphatic carbocycles. The van der Waals surface area contributed by atoms with Crippen LogP contribution in [0.5, 0.6) is 0 Å². The van der Waals surface area contributed by atoms with Crippen LogP contribution in [-0.2, 0) is 4.79 Å². The van der Waals surface area contributed by atoms with Gasteiger partial charge in [0.2, 0.25) is 5.91 Å². The monoisotopic (exact) mass is 196 g/mol. The lowest BCUT2D eigenvalue weighted by molar-refractivity contribution is -0.129. The van der Waals surface area contributed by atoms with E-state index in [0.29, 0.717) is 30.1 Å². The van der Waals surface area contributed by atoms with Crippen molar-refractivity contribution in [2.75, 3.05) is 6.54 Å². The molecule has 0 aromatic rings. The van der Waals surface area contributed by atoms with Crippen LogP contribution in [0.2, 0.25) is 0 Å². The first-order valence-electron chi connectivity index (χ1n) is 5.61. The molecular formula is C11H20N2O. The molecule has 14 heavy (non-hydrogen) atoms. The van der Waals surface area contributed by atoms with Gasteiger partial charge in [0, 0.05) is 6.04 Å². The molecule has 3 nitrogen and oxygen atoms in total. The van der Waals surface area contributed by atoms with E-state index in [-0.39, 0.29) is 0 Å². The number of hydrogen-bond donors (Lipinski definition) is 1. The summed E-state index contributed by atoms with van der Waals surface area (Å²) in [5, 5.41) is 3.29. The lowest BCUT2D eigenvalue weighted by atomic mass is 10.1. The Morgan fingerprint density at radius 2 is 2.21 bits per heavy atom. The average Bonchev–Trinajstić information content (AvgIpc) is 2.54. The Morgan fingerprint density at radius 3 is 2.71 bits per heavy atom. The molecule has 2 rings (SSSR count). The first-order valence-corrected chi connectivity index (χ1v) is 5.61. The highest BCUT2D eigenvalue weighted by Gasteiger charge is 2.53. The van der Waals surface area contributed by atoms with Crippen molar-refractivity contribution in [3.8, 4) is 0 Å². The molecular weight excluding hydrogens is 176 g/mol. The van der Waals surface area contributed by atoms with Gasteiger partial charge in [-0.3, -0.25) is 10.1 Å². The van der Waals surface area contributed by atoms with Gasteiger partial charge in [-0.2, -0.15) is 0 Å². The molecule has 0 aromatic carbocycles. The van der Waals surface area contributed by atoms with Crippen molar-refractivity contribution in [2.24, 2.45) is 5.41 Å². The molecule has 0 radical (unpaired) electrons. The molecule has 1 aliphatic heterocycles. The van der Waals surface area contributed by atoms with Gasteiger partial charge in [-0.1, -0.05) is 27.2 Å². The highest BCUT2D eigenvalue weighted by molar-refractivity contribution is 5.81. The Bertz CT molecular complexity index is 250. The summed E-state index contributed by atoms with van der Waals surface area (Å²) in [6.45, 7) is 7.19. The number of nitrogens with zero attached hydrogens (tertiary/aromatic N) is 1. The molecule has 1 saturated heterocycles. The standard InChI is InChI=1S/C11H20N2O/c1-4-5-9-12-7-10(14)13(9)8-6-11(8,2)3/h8-9,12H,4-7H2,1-3H3. The van der Waals surface area contributed by atoms with E-state index >= 15 is 0 Å². The number of nitrogens with one attached hydrogen (secondary N) is 1. The van der Waals surface area contributed by atoms with Crippen molar-refractivity contribution in [3.63, 3.8) is 0 Å². The van der Waals surface area contributed by atoms with E-state index in [1.165, 1.54) is 6.42 Å². The van der Waals surface area contributed by atoms with E-state index in [1.54, 1.807) is 0 Å². The van der Waals surface area contributed by atoms with E-state index < -0.39 is 0 Å². The highest BCUT2D eigenvalue weighted by atomic mass is 16.2. The molecule has 2 fully saturated rings. The fourth-order valence-electron chi connectivity index (χ4n) is 2.39. The molecule has 1 amide bonds. The van der Waals surface area contributed by atoms with Crippen LogP contribution >= 0.6 is 0 Å².